The highest BCUT2D eigenvalue weighted by Crippen LogP contribution is 2.40. The Labute approximate surface area is 142 Å². The summed E-state index contributed by atoms with van der Waals surface area (Å²) in [7, 11) is 0. The van der Waals surface area contributed by atoms with Crippen molar-refractivity contribution in [2.75, 3.05) is 11.6 Å². The number of ether oxygens (including phenoxy) is 1. The molecule has 1 aliphatic heterocycles. The van der Waals surface area contributed by atoms with Crippen molar-refractivity contribution in [3.63, 3.8) is 0 Å². The van der Waals surface area contributed by atoms with Crippen LogP contribution in [0.3, 0.4) is 0 Å². The predicted octanol–water partition coefficient (Wildman–Crippen LogP) is 4.13. The van der Waals surface area contributed by atoms with Gasteiger partial charge in [0.2, 0.25) is 17.3 Å². The molecule has 0 saturated carbocycles. The van der Waals surface area contributed by atoms with Gasteiger partial charge in [-0.1, -0.05) is 29.5 Å². The van der Waals surface area contributed by atoms with Gasteiger partial charge in [0, 0.05) is 11.3 Å². The van der Waals surface area contributed by atoms with Crippen LogP contribution in [-0.4, -0.2) is 21.4 Å². The Morgan fingerprint density at radius 3 is 2.96 bits per heavy atom. The van der Waals surface area contributed by atoms with Crippen molar-refractivity contribution in [1.82, 2.24) is 15.2 Å². The highest BCUT2D eigenvalue weighted by atomic mass is 32.2. The molecule has 0 fully saturated rings. The summed E-state index contributed by atoms with van der Waals surface area (Å²) in [6, 6.07) is 10.3. The van der Waals surface area contributed by atoms with Crippen molar-refractivity contribution in [3.05, 3.63) is 46.2 Å². The van der Waals surface area contributed by atoms with Gasteiger partial charge in [-0.2, -0.15) is 4.98 Å². The molecule has 1 aliphatic rings. The quantitative estimate of drug-likeness (QED) is 0.707. The van der Waals surface area contributed by atoms with Crippen molar-refractivity contribution in [2.45, 2.75) is 18.3 Å². The summed E-state index contributed by atoms with van der Waals surface area (Å²) in [5.74, 6) is 0.514. The largest absolute Gasteiger partial charge is 0.447 e. The smallest absolute Gasteiger partial charge is 0.247 e. The van der Waals surface area contributed by atoms with Crippen molar-refractivity contribution in [3.8, 4) is 17.1 Å². The molecule has 4 rings (SSSR count). The molecule has 0 spiro atoms. The third-order valence-electron chi connectivity index (χ3n) is 3.57. The maximum Gasteiger partial charge on any atom is 0.247 e. The van der Waals surface area contributed by atoms with Gasteiger partial charge in [0.1, 0.15) is 0 Å². The monoisotopic (exact) mass is 342 g/mol. The Morgan fingerprint density at radius 2 is 2.17 bits per heavy atom. The molecule has 1 aromatic carbocycles. The third-order valence-corrected chi connectivity index (χ3v) is 5.02. The summed E-state index contributed by atoms with van der Waals surface area (Å²) >= 11 is 3.09. The Kier molecular flexibility index (Phi) is 3.66. The molecule has 0 aliphatic carbocycles. The van der Waals surface area contributed by atoms with Crippen molar-refractivity contribution in [2.24, 2.45) is 0 Å². The number of aromatic nitrogens is 3. The number of hydrogen-bond acceptors (Lipinski definition) is 7. The molecule has 3 aromatic rings. The van der Waals surface area contributed by atoms with Crippen molar-refractivity contribution in [1.29, 1.82) is 0 Å². The second-order valence-electron chi connectivity index (χ2n) is 5.16. The van der Waals surface area contributed by atoms with Gasteiger partial charge in [0.15, 0.2) is 5.69 Å². The number of hydrogen-bond donors (Lipinski definition) is 1. The molecule has 116 valence electrons. The summed E-state index contributed by atoms with van der Waals surface area (Å²) in [6.07, 6.45) is 1.64. The summed E-state index contributed by atoms with van der Waals surface area (Å²) in [5.41, 5.74) is 3.77. The van der Waals surface area contributed by atoms with Crippen LogP contribution in [0.4, 0.5) is 5.69 Å². The Morgan fingerprint density at radius 1 is 1.26 bits per heavy atom. The number of aryl methyl sites for hydroxylation is 1. The lowest BCUT2D eigenvalue weighted by Gasteiger charge is -2.17. The second kappa shape index (κ2) is 5.82. The molecule has 0 saturated heterocycles. The van der Waals surface area contributed by atoms with Crippen LogP contribution >= 0.6 is 23.1 Å². The normalized spacial score (nSPS) is 15.8. The maximum atomic E-state index is 6.14. The van der Waals surface area contributed by atoms with Crippen LogP contribution in [0.2, 0.25) is 0 Å². The van der Waals surface area contributed by atoms with Gasteiger partial charge in [-0.25, -0.2) is 0 Å². The molecule has 0 radical (unpaired) electrons. The number of rotatable bonds is 2. The lowest BCUT2D eigenvalue weighted by atomic mass is 10.1. The van der Waals surface area contributed by atoms with E-state index in [-0.39, 0.29) is 6.23 Å². The zero-order chi connectivity index (χ0) is 15.8. The summed E-state index contributed by atoms with van der Waals surface area (Å²) in [4.78, 5) is 5.60. The zero-order valence-corrected chi connectivity index (χ0v) is 14.2. The number of thioether (sulfide) groups is 1. The van der Waals surface area contributed by atoms with E-state index in [0.29, 0.717) is 16.7 Å². The van der Waals surface area contributed by atoms with Gasteiger partial charge in [-0.05, 0) is 36.8 Å². The van der Waals surface area contributed by atoms with Gasteiger partial charge in [-0.15, -0.1) is 21.5 Å². The average Bonchev–Trinajstić information content (AvgIpc) is 3.05. The van der Waals surface area contributed by atoms with E-state index < -0.39 is 0 Å². The molecule has 0 bridgehead atoms. The molecule has 5 nitrogen and oxygen atoms in total. The summed E-state index contributed by atoms with van der Waals surface area (Å²) in [5, 5.41) is 14.6. The molecule has 1 atom stereocenters. The Hall–Kier alpha value is -2.12. The van der Waals surface area contributed by atoms with E-state index in [1.54, 1.807) is 11.3 Å². The van der Waals surface area contributed by atoms with Crippen LogP contribution in [0.15, 0.2) is 40.9 Å². The van der Waals surface area contributed by atoms with Crippen molar-refractivity contribution >= 4 is 28.8 Å². The minimum Gasteiger partial charge on any atom is -0.447 e. The van der Waals surface area contributed by atoms with E-state index in [1.165, 1.54) is 11.8 Å². The van der Waals surface area contributed by atoms with E-state index in [1.807, 2.05) is 29.8 Å². The molecule has 7 heteroatoms. The second-order valence-corrected chi connectivity index (χ2v) is 6.91. The lowest BCUT2D eigenvalue weighted by molar-refractivity contribution is 0.229. The van der Waals surface area contributed by atoms with Gasteiger partial charge < -0.3 is 10.1 Å². The molecule has 1 N–H and O–H groups in total. The van der Waals surface area contributed by atoms with Crippen LogP contribution in [0.1, 0.15) is 16.7 Å². The lowest BCUT2D eigenvalue weighted by Crippen LogP contribution is -2.15. The number of fused-ring (bicyclic) bond motifs is 3. The highest BCUT2D eigenvalue weighted by molar-refractivity contribution is 7.98. The summed E-state index contributed by atoms with van der Waals surface area (Å²) in [6.45, 7) is 2.06. The van der Waals surface area contributed by atoms with E-state index >= 15 is 0 Å². The molecule has 2 aromatic heterocycles. The maximum absolute atomic E-state index is 6.14. The molecule has 0 amide bonds. The first-order valence-corrected chi connectivity index (χ1v) is 9.21. The van der Waals surface area contributed by atoms with E-state index in [0.717, 1.165) is 21.7 Å². The number of nitrogens with one attached hydrogen (secondary N) is 1. The standard InChI is InChI=1S/C16H14N4OS2/c1-9-5-6-11-10(8-9)13-15(18-16(22-2)20-19-13)21-14(17-11)12-4-3-7-23-12/h3-8,14,17H,1-2H3/t14-/m0/s1. The Balaban J connectivity index is 1.90. The fourth-order valence-electron chi connectivity index (χ4n) is 2.47. The van der Waals surface area contributed by atoms with Crippen molar-refractivity contribution < 1.29 is 4.74 Å². The molecule has 3 heterocycles. The number of anilines is 1. The minimum atomic E-state index is -0.288. The van der Waals surface area contributed by atoms with Gasteiger partial charge in [-0.3, -0.25) is 0 Å². The number of nitrogens with zero attached hydrogens (tertiary/aromatic N) is 3. The van der Waals surface area contributed by atoms with E-state index in [2.05, 4.69) is 39.6 Å². The minimum absolute atomic E-state index is 0.288. The molecule has 23 heavy (non-hydrogen) atoms. The Bertz CT molecular complexity index is 851. The SMILES string of the molecule is CSc1nnc2c(n1)O[C@@H](c1cccs1)Nc1ccc(C)cc1-2. The van der Waals surface area contributed by atoms with Gasteiger partial charge in [0.05, 0.1) is 4.88 Å². The first-order chi connectivity index (χ1) is 11.2. The van der Waals surface area contributed by atoms with E-state index in [4.69, 9.17) is 4.74 Å². The van der Waals surface area contributed by atoms with Gasteiger partial charge >= 0.3 is 0 Å². The highest BCUT2D eigenvalue weighted by Gasteiger charge is 2.26. The molecular formula is C16H14N4OS2. The first kappa shape index (κ1) is 14.5. The fourth-order valence-corrected chi connectivity index (χ4v) is 3.47. The topological polar surface area (TPSA) is 59.9 Å². The van der Waals surface area contributed by atoms with E-state index in [9.17, 15) is 0 Å². The fraction of sp³-hybridized carbons (Fsp3) is 0.188. The molecule has 0 unspecified atom stereocenters. The molecular weight excluding hydrogens is 328 g/mol. The van der Waals surface area contributed by atoms with Crippen LogP contribution in [-0.2, 0) is 0 Å². The van der Waals surface area contributed by atoms with Crippen LogP contribution < -0.4 is 10.1 Å². The summed E-state index contributed by atoms with van der Waals surface area (Å²) < 4.78 is 6.14. The predicted molar refractivity (Wildman–Crippen MR) is 93.1 cm³/mol. The van der Waals surface area contributed by atoms with Crippen LogP contribution in [0.25, 0.3) is 11.3 Å². The zero-order valence-electron chi connectivity index (χ0n) is 12.6. The number of benzene rings is 1. The first-order valence-electron chi connectivity index (χ1n) is 7.11. The van der Waals surface area contributed by atoms with Gasteiger partial charge in [0.25, 0.3) is 0 Å². The average molecular weight is 342 g/mol. The third kappa shape index (κ3) is 2.66. The van der Waals surface area contributed by atoms with Crippen LogP contribution in [0, 0.1) is 6.92 Å². The number of thiophene rings is 1. The van der Waals surface area contributed by atoms with Crippen LogP contribution in [0.5, 0.6) is 5.88 Å².